The minimum absolute atomic E-state index is 0.577. The van der Waals surface area contributed by atoms with Crippen LogP contribution in [0.25, 0.3) is 11.3 Å². The molecule has 0 bridgehead atoms. The van der Waals surface area contributed by atoms with Gasteiger partial charge in [0.2, 0.25) is 0 Å². The Morgan fingerprint density at radius 1 is 1.11 bits per heavy atom. The number of aryl methyl sites for hydroxylation is 1. The molecule has 1 aromatic carbocycles. The van der Waals surface area contributed by atoms with E-state index in [9.17, 15) is 0 Å². The van der Waals surface area contributed by atoms with E-state index in [1.807, 2.05) is 14.1 Å². The van der Waals surface area contributed by atoms with E-state index in [0.717, 1.165) is 10.8 Å². The summed E-state index contributed by atoms with van der Waals surface area (Å²) in [6.45, 7) is 6.57. The highest BCUT2D eigenvalue weighted by atomic mass is 32.1. The van der Waals surface area contributed by atoms with E-state index in [0.29, 0.717) is 5.92 Å². The van der Waals surface area contributed by atoms with E-state index in [1.54, 1.807) is 11.3 Å². The van der Waals surface area contributed by atoms with Crippen LogP contribution in [0.2, 0.25) is 0 Å². The van der Waals surface area contributed by atoms with Gasteiger partial charge in [-0.3, -0.25) is 0 Å². The summed E-state index contributed by atoms with van der Waals surface area (Å²) < 4.78 is 0. The predicted molar refractivity (Wildman–Crippen MR) is 80.7 cm³/mol. The van der Waals surface area contributed by atoms with Gasteiger partial charge in [-0.05, 0) is 18.4 Å². The summed E-state index contributed by atoms with van der Waals surface area (Å²) in [6, 6.07) is 8.76. The van der Waals surface area contributed by atoms with Gasteiger partial charge in [0.25, 0.3) is 0 Å². The van der Waals surface area contributed by atoms with Crippen LogP contribution < -0.4 is 4.90 Å². The average Bonchev–Trinajstić information content (AvgIpc) is 2.71. The molecule has 0 spiro atoms. The van der Waals surface area contributed by atoms with Crippen molar-refractivity contribution in [3.05, 3.63) is 34.7 Å². The first kappa shape index (κ1) is 13.1. The van der Waals surface area contributed by atoms with Gasteiger partial charge in [0.1, 0.15) is 0 Å². The van der Waals surface area contributed by atoms with Crippen LogP contribution in [-0.2, 0) is 0 Å². The molecule has 0 atom stereocenters. The van der Waals surface area contributed by atoms with E-state index in [4.69, 9.17) is 4.98 Å². The number of nitrogens with zero attached hydrogens (tertiary/aromatic N) is 2. The summed E-state index contributed by atoms with van der Waals surface area (Å²) in [7, 11) is 4.06. The SMILES string of the molecule is Cc1sc(N(C)C)nc1-c1ccc(C(C)C)cc1. The molecule has 0 saturated heterocycles. The number of benzene rings is 1. The molecule has 0 aliphatic heterocycles. The van der Waals surface area contributed by atoms with Crippen molar-refractivity contribution < 1.29 is 0 Å². The van der Waals surface area contributed by atoms with Crippen LogP contribution in [0.3, 0.4) is 0 Å². The Labute approximate surface area is 113 Å². The van der Waals surface area contributed by atoms with Gasteiger partial charge in [-0.15, -0.1) is 11.3 Å². The summed E-state index contributed by atoms with van der Waals surface area (Å²) in [5.41, 5.74) is 3.69. The average molecular weight is 260 g/mol. The van der Waals surface area contributed by atoms with E-state index < -0.39 is 0 Å². The second-order valence-electron chi connectivity index (χ2n) is 5.07. The van der Waals surface area contributed by atoms with Gasteiger partial charge in [0.05, 0.1) is 5.69 Å². The lowest BCUT2D eigenvalue weighted by molar-refractivity contribution is 0.867. The molecule has 2 rings (SSSR count). The summed E-state index contributed by atoms with van der Waals surface area (Å²) in [4.78, 5) is 8.03. The van der Waals surface area contributed by atoms with Gasteiger partial charge >= 0.3 is 0 Å². The van der Waals surface area contributed by atoms with Crippen molar-refractivity contribution in [2.45, 2.75) is 26.7 Å². The Balaban J connectivity index is 2.36. The maximum Gasteiger partial charge on any atom is 0.185 e. The van der Waals surface area contributed by atoms with E-state index >= 15 is 0 Å². The quantitative estimate of drug-likeness (QED) is 0.817. The summed E-state index contributed by atoms with van der Waals surface area (Å²) >= 11 is 1.74. The van der Waals surface area contributed by atoms with Crippen LogP contribution in [0.1, 0.15) is 30.2 Å². The largest absolute Gasteiger partial charge is 0.354 e. The van der Waals surface area contributed by atoms with Gasteiger partial charge in [-0.25, -0.2) is 4.98 Å². The van der Waals surface area contributed by atoms with Crippen molar-refractivity contribution in [2.75, 3.05) is 19.0 Å². The van der Waals surface area contributed by atoms with Crippen molar-refractivity contribution >= 4 is 16.5 Å². The van der Waals surface area contributed by atoms with Gasteiger partial charge in [0, 0.05) is 24.5 Å². The first-order valence-corrected chi connectivity index (χ1v) is 7.05. The molecule has 0 fully saturated rings. The Morgan fingerprint density at radius 3 is 2.17 bits per heavy atom. The number of hydrogen-bond donors (Lipinski definition) is 0. The van der Waals surface area contributed by atoms with Crippen LogP contribution >= 0.6 is 11.3 Å². The highest BCUT2D eigenvalue weighted by molar-refractivity contribution is 7.16. The molecule has 0 N–H and O–H groups in total. The van der Waals surface area contributed by atoms with Crippen molar-refractivity contribution in [1.82, 2.24) is 4.98 Å². The molecular formula is C15H20N2S. The minimum Gasteiger partial charge on any atom is -0.354 e. The highest BCUT2D eigenvalue weighted by Gasteiger charge is 2.11. The van der Waals surface area contributed by atoms with E-state index in [-0.39, 0.29) is 0 Å². The second-order valence-corrected chi connectivity index (χ2v) is 6.25. The normalized spacial score (nSPS) is 11.0. The third-order valence-corrected chi connectivity index (χ3v) is 4.16. The number of hydrogen-bond acceptors (Lipinski definition) is 3. The van der Waals surface area contributed by atoms with Crippen LogP contribution in [0.4, 0.5) is 5.13 Å². The Kier molecular flexibility index (Phi) is 3.71. The standard InChI is InChI=1S/C15H20N2S/c1-10(2)12-6-8-13(9-7-12)14-11(3)18-15(16-14)17(4)5/h6-10H,1-5H3. The minimum atomic E-state index is 0.577. The lowest BCUT2D eigenvalue weighted by atomic mass is 10.0. The fourth-order valence-electron chi connectivity index (χ4n) is 1.87. The molecule has 0 radical (unpaired) electrons. The lowest BCUT2D eigenvalue weighted by Gasteiger charge is -2.07. The molecule has 18 heavy (non-hydrogen) atoms. The zero-order chi connectivity index (χ0) is 13.3. The molecule has 1 heterocycles. The first-order valence-electron chi connectivity index (χ1n) is 6.24. The fraction of sp³-hybridized carbons (Fsp3) is 0.400. The summed E-state index contributed by atoms with van der Waals surface area (Å²) in [6.07, 6.45) is 0. The predicted octanol–water partition coefficient (Wildman–Crippen LogP) is 4.31. The van der Waals surface area contributed by atoms with Gasteiger partial charge in [-0.2, -0.15) is 0 Å². The molecule has 2 aromatic rings. The lowest BCUT2D eigenvalue weighted by Crippen LogP contribution is -2.07. The van der Waals surface area contributed by atoms with Crippen molar-refractivity contribution in [3.63, 3.8) is 0 Å². The van der Waals surface area contributed by atoms with Crippen LogP contribution in [0.15, 0.2) is 24.3 Å². The van der Waals surface area contributed by atoms with Crippen LogP contribution in [-0.4, -0.2) is 19.1 Å². The molecule has 1 aromatic heterocycles. The molecular weight excluding hydrogens is 240 g/mol. The first-order chi connectivity index (χ1) is 8.49. The maximum atomic E-state index is 4.70. The number of aromatic nitrogens is 1. The number of thiazole rings is 1. The van der Waals surface area contributed by atoms with Crippen LogP contribution in [0.5, 0.6) is 0 Å². The van der Waals surface area contributed by atoms with Gasteiger partial charge < -0.3 is 4.90 Å². The third-order valence-electron chi connectivity index (χ3n) is 3.02. The molecule has 2 nitrogen and oxygen atoms in total. The molecule has 0 amide bonds. The molecule has 0 aliphatic carbocycles. The zero-order valence-corrected chi connectivity index (χ0v) is 12.5. The van der Waals surface area contributed by atoms with Gasteiger partial charge in [-0.1, -0.05) is 38.1 Å². The van der Waals surface area contributed by atoms with Crippen molar-refractivity contribution in [1.29, 1.82) is 0 Å². The Morgan fingerprint density at radius 2 is 1.72 bits per heavy atom. The molecule has 0 unspecified atom stereocenters. The summed E-state index contributed by atoms with van der Waals surface area (Å²) in [5, 5.41) is 1.07. The fourth-order valence-corrected chi connectivity index (χ4v) is 2.72. The van der Waals surface area contributed by atoms with E-state index in [2.05, 4.69) is 49.9 Å². The topological polar surface area (TPSA) is 16.1 Å². The van der Waals surface area contributed by atoms with Crippen LogP contribution in [0, 0.1) is 6.92 Å². The summed E-state index contributed by atoms with van der Waals surface area (Å²) in [5.74, 6) is 0.577. The Bertz CT molecular complexity index is 524. The molecule has 96 valence electrons. The van der Waals surface area contributed by atoms with E-state index in [1.165, 1.54) is 16.0 Å². The maximum absolute atomic E-state index is 4.70. The molecule has 3 heteroatoms. The number of anilines is 1. The van der Waals surface area contributed by atoms with Gasteiger partial charge in [0.15, 0.2) is 5.13 Å². The molecule has 0 aliphatic rings. The Hall–Kier alpha value is -1.35. The molecule has 0 saturated carbocycles. The van der Waals surface area contributed by atoms with Crippen molar-refractivity contribution in [2.24, 2.45) is 0 Å². The highest BCUT2D eigenvalue weighted by Crippen LogP contribution is 2.32. The second kappa shape index (κ2) is 5.11. The number of rotatable bonds is 3. The third kappa shape index (κ3) is 2.56. The smallest absolute Gasteiger partial charge is 0.185 e. The zero-order valence-electron chi connectivity index (χ0n) is 11.7. The van der Waals surface area contributed by atoms with Crippen molar-refractivity contribution in [3.8, 4) is 11.3 Å². The monoisotopic (exact) mass is 260 g/mol.